The van der Waals surface area contributed by atoms with Crippen LogP contribution in [0, 0.1) is 27.7 Å². The summed E-state index contributed by atoms with van der Waals surface area (Å²) in [7, 11) is 0. The predicted octanol–water partition coefficient (Wildman–Crippen LogP) is 2.91. The smallest absolute Gasteiger partial charge is 0.121 e. The fourth-order valence-electron chi connectivity index (χ4n) is 1.27. The van der Waals surface area contributed by atoms with Crippen LogP contribution in [-0.4, -0.2) is 5.11 Å². The minimum atomic E-state index is 0.405. The first-order valence-electron chi connectivity index (χ1n) is 3.95. The molecule has 0 fully saturated rings. The van der Waals surface area contributed by atoms with Gasteiger partial charge in [0.2, 0.25) is 0 Å². The lowest BCUT2D eigenvalue weighted by molar-refractivity contribution is 0.465. The van der Waals surface area contributed by atoms with Gasteiger partial charge in [-0.1, -0.05) is 0 Å². The summed E-state index contributed by atoms with van der Waals surface area (Å²) >= 11 is 4.39. The molecule has 0 aliphatic rings. The zero-order valence-corrected chi connectivity index (χ0v) is 8.79. The van der Waals surface area contributed by atoms with Crippen LogP contribution in [0.2, 0.25) is 0 Å². The van der Waals surface area contributed by atoms with Crippen molar-refractivity contribution >= 4 is 12.6 Å². The number of benzene rings is 1. The molecule has 0 radical (unpaired) electrons. The van der Waals surface area contributed by atoms with E-state index in [2.05, 4.69) is 12.6 Å². The number of phenols is 1. The first-order chi connectivity index (χ1) is 5.46. The van der Waals surface area contributed by atoms with Gasteiger partial charge < -0.3 is 5.11 Å². The summed E-state index contributed by atoms with van der Waals surface area (Å²) in [4.78, 5) is 0.989. The van der Waals surface area contributed by atoms with E-state index in [1.54, 1.807) is 0 Å². The van der Waals surface area contributed by atoms with Crippen LogP contribution in [-0.2, 0) is 0 Å². The molecule has 0 amide bonds. The highest BCUT2D eigenvalue weighted by molar-refractivity contribution is 7.80. The number of hydrogen-bond donors (Lipinski definition) is 2. The Balaban J connectivity index is 3.60. The zero-order chi connectivity index (χ0) is 9.46. The second-order valence-corrected chi connectivity index (χ2v) is 3.64. The Kier molecular flexibility index (Phi) is 2.38. The van der Waals surface area contributed by atoms with E-state index in [0.717, 1.165) is 27.1 Å². The van der Waals surface area contributed by atoms with E-state index in [0.29, 0.717) is 5.75 Å². The summed E-state index contributed by atoms with van der Waals surface area (Å²) in [5.74, 6) is 0.405. The van der Waals surface area contributed by atoms with Crippen molar-refractivity contribution in [2.75, 3.05) is 0 Å². The second-order valence-electron chi connectivity index (χ2n) is 3.20. The number of aromatic hydroxyl groups is 1. The second kappa shape index (κ2) is 3.02. The molecule has 1 rings (SSSR count). The molecule has 0 aliphatic carbocycles. The topological polar surface area (TPSA) is 20.2 Å². The molecule has 1 nitrogen and oxygen atoms in total. The van der Waals surface area contributed by atoms with E-state index in [-0.39, 0.29) is 0 Å². The molecule has 2 heteroatoms. The zero-order valence-electron chi connectivity index (χ0n) is 7.89. The van der Waals surface area contributed by atoms with Gasteiger partial charge in [0.05, 0.1) is 0 Å². The Hall–Kier alpha value is -0.630. The van der Waals surface area contributed by atoms with Gasteiger partial charge in [0.15, 0.2) is 0 Å². The minimum absolute atomic E-state index is 0.405. The van der Waals surface area contributed by atoms with Crippen molar-refractivity contribution in [3.8, 4) is 5.75 Å². The Morgan fingerprint density at radius 2 is 1.17 bits per heavy atom. The van der Waals surface area contributed by atoms with Gasteiger partial charge in [0, 0.05) is 4.90 Å². The molecule has 66 valence electrons. The van der Waals surface area contributed by atoms with Gasteiger partial charge in [-0.05, 0) is 49.9 Å². The van der Waals surface area contributed by atoms with Gasteiger partial charge in [0.25, 0.3) is 0 Å². The summed E-state index contributed by atoms with van der Waals surface area (Å²) < 4.78 is 0. The third-order valence-electron chi connectivity index (χ3n) is 2.55. The molecule has 0 saturated carbocycles. The molecule has 1 N–H and O–H groups in total. The molecule has 0 unspecified atom stereocenters. The van der Waals surface area contributed by atoms with E-state index in [1.165, 1.54) is 0 Å². The van der Waals surface area contributed by atoms with E-state index < -0.39 is 0 Å². The van der Waals surface area contributed by atoms with Crippen molar-refractivity contribution in [1.82, 2.24) is 0 Å². The molecular weight excluding hydrogens is 168 g/mol. The van der Waals surface area contributed by atoms with E-state index >= 15 is 0 Å². The fraction of sp³-hybridized carbons (Fsp3) is 0.400. The molecule has 1 aromatic carbocycles. The highest BCUT2D eigenvalue weighted by atomic mass is 32.1. The normalized spacial score (nSPS) is 10.4. The average molecular weight is 182 g/mol. The summed E-state index contributed by atoms with van der Waals surface area (Å²) in [6.45, 7) is 7.78. The number of thiol groups is 1. The van der Waals surface area contributed by atoms with Crippen LogP contribution in [0.15, 0.2) is 4.90 Å². The Bertz CT molecular complexity index is 224. The van der Waals surface area contributed by atoms with Gasteiger partial charge in [-0.25, -0.2) is 0 Å². The summed E-state index contributed by atoms with van der Waals surface area (Å²) in [6.07, 6.45) is 0. The van der Waals surface area contributed by atoms with Crippen LogP contribution < -0.4 is 0 Å². The average Bonchev–Trinajstić information content (AvgIpc) is 2.08. The lowest BCUT2D eigenvalue weighted by Gasteiger charge is -2.13. The van der Waals surface area contributed by atoms with Crippen molar-refractivity contribution in [3.05, 3.63) is 22.3 Å². The van der Waals surface area contributed by atoms with Crippen molar-refractivity contribution in [2.24, 2.45) is 0 Å². The van der Waals surface area contributed by atoms with Crippen LogP contribution in [0.5, 0.6) is 5.75 Å². The maximum atomic E-state index is 9.66. The number of rotatable bonds is 0. The Morgan fingerprint density at radius 3 is 1.50 bits per heavy atom. The Morgan fingerprint density at radius 1 is 0.833 bits per heavy atom. The summed E-state index contributed by atoms with van der Waals surface area (Å²) in [6, 6.07) is 0. The molecular formula is C10H14OS. The standard InChI is InChI=1S/C10H14OS/c1-5-7(3)10(12)8(4)6(2)9(5)11/h11-12H,1-4H3. The monoisotopic (exact) mass is 182 g/mol. The third kappa shape index (κ3) is 1.20. The van der Waals surface area contributed by atoms with E-state index in [4.69, 9.17) is 0 Å². The van der Waals surface area contributed by atoms with Crippen LogP contribution in [0.3, 0.4) is 0 Å². The van der Waals surface area contributed by atoms with Crippen LogP contribution >= 0.6 is 12.6 Å². The fourth-order valence-corrected chi connectivity index (χ4v) is 1.61. The largest absolute Gasteiger partial charge is 0.507 e. The number of phenolic OH excluding ortho intramolecular Hbond substituents is 1. The summed E-state index contributed by atoms with van der Waals surface area (Å²) in [5, 5.41) is 9.66. The van der Waals surface area contributed by atoms with Crippen molar-refractivity contribution < 1.29 is 5.11 Å². The number of hydrogen-bond acceptors (Lipinski definition) is 2. The first kappa shape index (κ1) is 9.46. The highest BCUT2D eigenvalue weighted by Crippen LogP contribution is 2.32. The van der Waals surface area contributed by atoms with E-state index in [1.807, 2.05) is 27.7 Å². The van der Waals surface area contributed by atoms with Crippen molar-refractivity contribution in [3.63, 3.8) is 0 Å². The molecule has 0 bridgehead atoms. The van der Waals surface area contributed by atoms with Gasteiger partial charge in [-0.15, -0.1) is 12.6 Å². The molecule has 12 heavy (non-hydrogen) atoms. The predicted molar refractivity (Wildman–Crippen MR) is 54.3 cm³/mol. The highest BCUT2D eigenvalue weighted by Gasteiger charge is 2.10. The SMILES string of the molecule is Cc1c(C)c(S)c(C)c(C)c1O. The minimum Gasteiger partial charge on any atom is -0.507 e. The van der Waals surface area contributed by atoms with Crippen LogP contribution in [0.1, 0.15) is 22.3 Å². The molecule has 0 saturated heterocycles. The van der Waals surface area contributed by atoms with Crippen molar-refractivity contribution in [1.29, 1.82) is 0 Å². The first-order valence-corrected chi connectivity index (χ1v) is 4.39. The maximum absolute atomic E-state index is 9.66. The molecule has 0 heterocycles. The van der Waals surface area contributed by atoms with Crippen LogP contribution in [0.4, 0.5) is 0 Å². The van der Waals surface area contributed by atoms with Gasteiger partial charge in [-0.2, -0.15) is 0 Å². The molecule has 1 aromatic rings. The quantitative estimate of drug-likeness (QED) is 0.591. The third-order valence-corrected chi connectivity index (χ3v) is 3.22. The lowest BCUT2D eigenvalue weighted by Crippen LogP contribution is -1.92. The van der Waals surface area contributed by atoms with Gasteiger partial charge in [-0.3, -0.25) is 0 Å². The van der Waals surface area contributed by atoms with Crippen molar-refractivity contribution in [2.45, 2.75) is 32.6 Å². The molecule has 0 spiro atoms. The van der Waals surface area contributed by atoms with Crippen LogP contribution in [0.25, 0.3) is 0 Å². The summed E-state index contributed by atoms with van der Waals surface area (Å²) in [5.41, 5.74) is 4.00. The lowest BCUT2D eigenvalue weighted by atomic mass is 10.00. The molecule has 0 atom stereocenters. The van der Waals surface area contributed by atoms with E-state index in [9.17, 15) is 5.11 Å². The van der Waals surface area contributed by atoms with Gasteiger partial charge >= 0.3 is 0 Å². The molecule has 0 aliphatic heterocycles. The molecule has 0 aromatic heterocycles. The maximum Gasteiger partial charge on any atom is 0.121 e. The van der Waals surface area contributed by atoms with Gasteiger partial charge in [0.1, 0.15) is 5.75 Å². The Labute approximate surface area is 78.8 Å².